The number of nitrogens with zero attached hydrogens (tertiary/aromatic N) is 1. The van der Waals surface area contributed by atoms with Gasteiger partial charge in [0.15, 0.2) is 0 Å². The van der Waals surface area contributed by atoms with Gasteiger partial charge in [-0.25, -0.2) is 4.98 Å². The first-order valence-electron chi connectivity index (χ1n) is 7.57. The second-order valence-corrected chi connectivity index (χ2v) is 6.61. The quantitative estimate of drug-likeness (QED) is 0.842. The maximum absolute atomic E-state index is 12.3. The fourth-order valence-corrected chi connectivity index (χ4v) is 2.83. The number of carbonyl (C=O) groups excluding carboxylic acids is 2. The molecule has 24 heavy (non-hydrogen) atoms. The van der Waals surface area contributed by atoms with Crippen LogP contribution in [0.15, 0.2) is 23.6 Å². The lowest BCUT2D eigenvalue weighted by molar-refractivity contribution is 0.0942. The maximum Gasteiger partial charge on any atom is 0.275 e. The molecular formula is C17H21N3O3S. The highest BCUT2D eigenvalue weighted by molar-refractivity contribution is 7.09. The second kappa shape index (κ2) is 8.03. The predicted molar refractivity (Wildman–Crippen MR) is 94.6 cm³/mol. The van der Waals surface area contributed by atoms with Gasteiger partial charge in [0, 0.05) is 29.8 Å². The molecule has 6 nitrogen and oxygen atoms in total. The van der Waals surface area contributed by atoms with E-state index in [1.807, 2.05) is 20.8 Å². The number of aryl methyl sites for hydroxylation is 1. The number of aromatic nitrogens is 1. The van der Waals surface area contributed by atoms with Crippen LogP contribution in [0.4, 0.5) is 5.69 Å². The van der Waals surface area contributed by atoms with E-state index in [-0.39, 0.29) is 17.9 Å². The molecule has 0 spiro atoms. The van der Waals surface area contributed by atoms with Gasteiger partial charge in [-0.05, 0) is 44.5 Å². The van der Waals surface area contributed by atoms with Crippen LogP contribution in [-0.2, 0) is 11.3 Å². The zero-order valence-corrected chi connectivity index (χ0v) is 15.0. The van der Waals surface area contributed by atoms with E-state index in [0.717, 1.165) is 10.6 Å². The van der Waals surface area contributed by atoms with Gasteiger partial charge >= 0.3 is 0 Å². The monoisotopic (exact) mass is 347 g/mol. The normalized spacial score (nSPS) is 10.7. The molecular weight excluding hydrogens is 326 g/mol. The Morgan fingerprint density at radius 2 is 2.04 bits per heavy atom. The first-order chi connectivity index (χ1) is 11.4. The zero-order valence-electron chi connectivity index (χ0n) is 14.2. The van der Waals surface area contributed by atoms with Crippen molar-refractivity contribution in [2.45, 2.75) is 33.4 Å². The Labute approximate surface area is 145 Å². The fourth-order valence-electron chi connectivity index (χ4n) is 2.08. The molecule has 0 bridgehead atoms. The van der Waals surface area contributed by atoms with Crippen molar-refractivity contribution < 1.29 is 14.3 Å². The topological polar surface area (TPSA) is 80.3 Å². The minimum Gasteiger partial charge on any atom is -0.378 e. The number of carbonyl (C=O) groups is 2. The van der Waals surface area contributed by atoms with Crippen LogP contribution in [0.2, 0.25) is 0 Å². The summed E-state index contributed by atoms with van der Waals surface area (Å²) in [5.41, 5.74) is 2.39. The average Bonchev–Trinajstić information content (AvgIpc) is 2.97. The Morgan fingerprint density at radius 1 is 1.29 bits per heavy atom. The highest BCUT2D eigenvalue weighted by Crippen LogP contribution is 2.19. The molecule has 0 saturated heterocycles. The molecule has 128 valence electrons. The third-order valence-corrected chi connectivity index (χ3v) is 4.03. The molecule has 2 rings (SSSR count). The number of rotatable bonds is 6. The summed E-state index contributed by atoms with van der Waals surface area (Å²) in [5.74, 6) is -0.411. The summed E-state index contributed by atoms with van der Waals surface area (Å²) < 4.78 is 5.00. The predicted octanol–water partition coefficient (Wildman–Crippen LogP) is 2.99. The molecule has 0 saturated carbocycles. The lowest BCUT2D eigenvalue weighted by Crippen LogP contribution is -2.30. The lowest BCUT2D eigenvalue weighted by Gasteiger charge is -2.11. The number of hydrogen-bond acceptors (Lipinski definition) is 5. The Hall–Kier alpha value is -2.25. The Kier molecular flexibility index (Phi) is 6.05. The van der Waals surface area contributed by atoms with E-state index in [1.165, 1.54) is 11.3 Å². The third kappa shape index (κ3) is 4.62. The van der Waals surface area contributed by atoms with Crippen LogP contribution in [0.3, 0.4) is 0 Å². The first-order valence-corrected chi connectivity index (χ1v) is 8.45. The SMILES string of the molecule is COCc1nc(C(=O)Nc2ccc(C(=O)NC(C)C)cc2C)cs1. The van der Waals surface area contributed by atoms with Crippen molar-refractivity contribution in [3.05, 3.63) is 45.4 Å². The Morgan fingerprint density at radius 3 is 2.67 bits per heavy atom. The van der Waals surface area contributed by atoms with Gasteiger partial charge in [-0.1, -0.05) is 0 Å². The molecule has 2 N–H and O–H groups in total. The van der Waals surface area contributed by atoms with Crippen LogP contribution >= 0.6 is 11.3 Å². The van der Waals surface area contributed by atoms with Gasteiger partial charge < -0.3 is 15.4 Å². The molecule has 0 aliphatic heterocycles. The minimum absolute atomic E-state index is 0.0724. The molecule has 0 aliphatic carbocycles. The summed E-state index contributed by atoms with van der Waals surface area (Å²) in [6.07, 6.45) is 0. The van der Waals surface area contributed by atoms with E-state index in [2.05, 4.69) is 15.6 Å². The van der Waals surface area contributed by atoms with E-state index < -0.39 is 0 Å². The molecule has 1 aromatic heterocycles. The molecule has 0 radical (unpaired) electrons. The number of amides is 2. The standard InChI is InChI=1S/C17H21N3O3S/c1-10(2)18-16(21)12-5-6-13(11(3)7-12)20-17(22)14-9-24-15(19-14)8-23-4/h5-7,9-10H,8H2,1-4H3,(H,18,21)(H,20,22). The van der Waals surface area contributed by atoms with Gasteiger partial charge in [-0.3, -0.25) is 9.59 Å². The van der Waals surface area contributed by atoms with E-state index in [1.54, 1.807) is 30.7 Å². The third-order valence-electron chi connectivity index (χ3n) is 3.21. The van der Waals surface area contributed by atoms with Crippen LogP contribution in [0, 0.1) is 6.92 Å². The molecule has 0 atom stereocenters. The lowest BCUT2D eigenvalue weighted by atomic mass is 10.1. The molecule has 0 aliphatic rings. The van der Waals surface area contributed by atoms with E-state index in [0.29, 0.717) is 23.6 Å². The van der Waals surface area contributed by atoms with Crippen LogP contribution in [0.5, 0.6) is 0 Å². The van der Waals surface area contributed by atoms with Crippen molar-refractivity contribution in [1.29, 1.82) is 0 Å². The summed E-state index contributed by atoms with van der Waals surface area (Å²) in [6, 6.07) is 5.25. The number of benzene rings is 1. The number of anilines is 1. The smallest absolute Gasteiger partial charge is 0.275 e. The van der Waals surface area contributed by atoms with Crippen molar-refractivity contribution in [3.63, 3.8) is 0 Å². The van der Waals surface area contributed by atoms with Crippen molar-refractivity contribution >= 4 is 28.8 Å². The van der Waals surface area contributed by atoms with Gasteiger partial charge in [-0.2, -0.15) is 0 Å². The molecule has 1 aromatic carbocycles. The van der Waals surface area contributed by atoms with Gasteiger partial charge in [0.05, 0.1) is 6.61 Å². The summed E-state index contributed by atoms with van der Waals surface area (Å²) in [6.45, 7) is 6.05. The Bertz CT molecular complexity index is 740. The highest BCUT2D eigenvalue weighted by atomic mass is 32.1. The minimum atomic E-state index is -0.281. The molecule has 2 amide bonds. The molecule has 0 unspecified atom stereocenters. The number of nitrogens with one attached hydrogen (secondary N) is 2. The van der Waals surface area contributed by atoms with Crippen LogP contribution in [-0.4, -0.2) is 29.9 Å². The summed E-state index contributed by atoms with van der Waals surface area (Å²) >= 11 is 1.38. The summed E-state index contributed by atoms with van der Waals surface area (Å²) in [5, 5.41) is 8.11. The van der Waals surface area contributed by atoms with Crippen molar-refractivity contribution in [2.75, 3.05) is 12.4 Å². The molecule has 0 fully saturated rings. The average molecular weight is 347 g/mol. The second-order valence-electron chi connectivity index (χ2n) is 5.67. The van der Waals surface area contributed by atoms with E-state index in [4.69, 9.17) is 4.74 Å². The van der Waals surface area contributed by atoms with Crippen LogP contribution in [0.1, 0.15) is 45.3 Å². The van der Waals surface area contributed by atoms with Crippen molar-refractivity contribution in [1.82, 2.24) is 10.3 Å². The van der Waals surface area contributed by atoms with Crippen molar-refractivity contribution in [3.8, 4) is 0 Å². The summed E-state index contributed by atoms with van der Waals surface area (Å²) in [4.78, 5) is 28.5. The summed E-state index contributed by atoms with van der Waals surface area (Å²) in [7, 11) is 1.58. The number of methoxy groups -OCH3 is 1. The molecule has 2 aromatic rings. The van der Waals surface area contributed by atoms with Gasteiger partial charge in [0.25, 0.3) is 11.8 Å². The van der Waals surface area contributed by atoms with Crippen LogP contribution < -0.4 is 10.6 Å². The van der Waals surface area contributed by atoms with Crippen LogP contribution in [0.25, 0.3) is 0 Å². The number of thiazole rings is 1. The van der Waals surface area contributed by atoms with E-state index in [9.17, 15) is 9.59 Å². The van der Waals surface area contributed by atoms with Gasteiger partial charge in [0.1, 0.15) is 10.7 Å². The van der Waals surface area contributed by atoms with Gasteiger partial charge in [0.2, 0.25) is 0 Å². The number of hydrogen-bond donors (Lipinski definition) is 2. The first kappa shape index (κ1) is 18.1. The Balaban J connectivity index is 2.09. The molecule has 7 heteroatoms. The maximum atomic E-state index is 12.3. The van der Waals surface area contributed by atoms with Gasteiger partial charge in [-0.15, -0.1) is 11.3 Å². The van der Waals surface area contributed by atoms with Crippen molar-refractivity contribution in [2.24, 2.45) is 0 Å². The molecule has 1 heterocycles. The fraction of sp³-hybridized carbons (Fsp3) is 0.353. The highest BCUT2D eigenvalue weighted by Gasteiger charge is 2.14. The zero-order chi connectivity index (χ0) is 17.7. The number of ether oxygens (including phenoxy) is 1. The largest absolute Gasteiger partial charge is 0.378 e. The van der Waals surface area contributed by atoms with E-state index >= 15 is 0 Å².